The maximum Gasteiger partial charge on any atom is 0.333 e. The predicted octanol–water partition coefficient (Wildman–Crippen LogP) is 2.53. The lowest BCUT2D eigenvalue weighted by Crippen LogP contribution is -2.38. The molecule has 104 valence electrons. The molecule has 0 radical (unpaired) electrons. The fourth-order valence-corrected chi connectivity index (χ4v) is 1.96. The Balaban J connectivity index is 2.92. The number of carbonyl (C=O) groups excluding carboxylic acids is 2. The standard InChI is InChI=1S/C13H16BrNO3S/c1-8(19-3)12(16)15-11(13(17)18-2)9-4-6-10(14)7-5-9/h4-8,11H,1-3H3,(H,15,16). The second-order valence-electron chi connectivity index (χ2n) is 3.89. The fraction of sp³-hybridized carbons (Fsp3) is 0.385. The van der Waals surface area contributed by atoms with Crippen LogP contribution in [0.5, 0.6) is 0 Å². The zero-order chi connectivity index (χ0) is 14.4. The first-order chi connectivity index (χ1) is 8.99. The number of hydrogen-bond donors (Lipinski definition) is 1. The van der Waals surface area contributed by atoms with E-state index in [2.05, 4.69) is 21.2 Å². The number of benzene rings is 1. The highest BCUT2D eigenvalue weighted by atomic mass is 79.9. The minimum absolute atomic E-state index is 0.189. The van der Waals surface area contributed by atoms with E-state index in [4.69, 9.17) is 4.74 Å². The topological polar surface area (TPSA) is 55.4 Å². The molecular weight excluding hydrogens is 330 g/mol. The second-order valence-corrected chi connectivity index (χ2v) is 5.99. The van der Waals surface area contributed by atoms with Gasteiger partial charge in [-0.3, -0.25) is 4.79 Å². The molecule has 6 heteroatoms. The smallest absolute Gasteiger partial charge is 0.333 e. The van der Waals surface area contributed by atoms with Gasteiger partial charge in [0.05, 0.1) is 12.4 Å². The van der Waals surface area contributed by atoms with E-state index in [0.717, 1.165) is 4.47 Å². The highest BCUT2D eigenvalue weighted by Gasteiger charge is 2.25. The van der Waals surface area contributed by atoms with Crippen molar-refractivity contribution < 1.29 is 14.3 Å². The molecule has 0 aliphatic carbocycles. The Morgan fingerprint density at radius 3 is 2.37 bits per heavy atom. The van der Waals surface area contributed by atoms with Crippen molar-refractivity contribution in [3.05, 3.63) is 34.3 Å². The first-order valence-electron chi connectivity index (χ1n) is 5.66. The number of thioether (sulfide) groups is 1. The van der Waals surface area contributed by atoms with Crippen molar-refractivity contribution in [3.8, 4) is 0 Å². The van der Waals surface area contributed by atoms with Crippen LogP contribution in [0.3, 0.4) is 0 Å². The molecule has 1 N–H and O–H groups in total. The van der Waals surface area contributed by atoms with Crippen LogP contribution < -0.4 is 5.32 Å². The summed E-state index contributed by atoms with van der Waals surface area (Å²) in [5.41, 5.74) is 0.691. The largest absolute Gasteiger partial charge is 0.467 e. The average molecular weight is 346 g/mol. The summed E-state index contributed by atoms with van der Waals surface area (Å²) in [6.45, 7) is 1.79. The molecule has 0 saturated heterocycles. The molecule has 0 aliphatic heterocycles. The molecule has 1 amide bonds. The number of ether oxygens (including phenoxy) is 1. The van der Waals surface area contributed by atoms with Crippen LogP contribution in [-0.2, 0) is 14.3 Å². The van der Waals surface area contributed by atoms with E-state index in [-0.39, 0.29) is 11.2 Å². The van der Waals surface area contributed by atoms with Crippen molar-refractivity contribution in [3.63, 3.8) is 0 Å². The molecule has 0 aromatic heterocycles. The van der Waals surface area contributed by atoms with Crippen molar-refractivity contribution >= 4 is 39.6 Å². The normalized spacial score (nSPS) is 13.5. The summed E-state index contributed by atoms with van der Waals surface area (Å²) in [6, 6.07) is 6.40. The Hall–Kier alpha value is -1.01. The monoisotopic (exact) mass is 345 g/mol. The van der Waals surface area contributed by atoms with Crippen LogP contribution in [-0.4, -0.2) is 30.5 Å². The van der Waals surface area contributed by atoms with Crippen molar-refractivity contribution in [1.29, 1.82) is 0 Å². The molecule has 0 spiro atoms. The molecular formula is C13H16BrNO3S. The van der Waals surface area contributed by atoms with Crippen LogP contribution in [0, 0.1) is 0 Å². The molecule has 19 heavy (non-hydrogen) atoms. The third-order valence-corrected chi connectivity index (χ3v) is 4.10. The van der Waals surface area contributed by atoms with E-state index in [0.29, 0.717) is 5.56 Å². The summed E-state index contributed by atoms with van der Waals surface area (Å²) in [4.78, 5) is 23.7. The molecule has 2 atom stereocenters. The number of carbonyl (C=O) groups is 2. The molecule has 0 heterocycles. The first-order valence-corrected chi connectivity index (χ1v) is 7.74. The Morgan fingerprint density at radius 2 is 1.89 bits per heavy atom. The zero-order valence-corrected chi connectivity index (χ0v) is 13.4. The van der Waals surface area contributed by atoms with Gasteiger partial charge in [-0.2, -0.15) is 11.8 Å². The molecule has 1 aromatic carbocycles. The lowest BCUT2D eigenvalue weighted by molar-refractivity contribution is -0.145. The van der Waals surface area contributed by atoms with E-state index >= 15 is 0 Å². The van der Waals surface area contributed by atoms with E-state index in [1.54, 1.807) is 19.1 Å². The summed E-state index contributed by atoms with van der Waals surface area (Å²) in [5, 5.41) is 2.48. The van der Waals surface area contributed by atoms with E-state index < -0.39 is 12.0 Å². The van der Waals surface area contributed by atoms with Crippen molar-refractivity contribution in [2.24, 2.45) is 0 Å². The van der Waals surface area contributed by atoms with E-state index in [1.165, 1.54) is 18.9 Å². The van der Waals surface area contributed by atoms with Gasteiger partial charge in [0.15, 0.2) is 6.04 Å². The quantitative estimate of drug-likeness (QED) is 0.833. The number of hydrogen-bond acceptors (Lipinski definition) is 4. The molecule has 0 saturated carbocycles. The van der Waals surface area contributed by atoms with Crippen LogP contribution in [0.2, 0.25) is 0 Å². The molecule has 0 aliphatic rings. The Labute approximate surface area is 125 Å². The molecule has 4 nitrogen and oxygen atoms in total. The van der Waals surface area contributed by atoms with Crippen LogP contribution >= 0.6 is 27.7 Å². The highest BCUT2D eigenvalue weighted by Crippen LogP contribution is 2.19. The van der Waals surface area contributed by atoms with Crippen LogP contribution in [0.1, 0.15) is 18.5 Å². The maximum absolute atomic E-state index is 11.9. The van der Waals surface area contributed by atoms with Gasteiger partial charge < -0.3 is 10.1 Å². The van der Waals surface area contributed by atoms with Gasteiger partial charge >= 0.3 is 5.97 Å². The van der Waals surface area contributed by atoms with Gasteiger partial charge in [0.25, 0.3) is 0 Å². The highest BCUT2D eigenvalue weighted by molar-refractivity contribution is 9.10. The minimum atomic E-state index is -0.778. The van der Waals surface area contributed by atoms with Crippen molar-refractivity contribution in [2.45, 2.75) is 18.2 Å². The Kier molecular flexibility index (Phi) is 6.37. The second kappa shape index (κ2) is 7.55. The third kappa shape index (κ3) is 4.54. The fourth-order valence-electron chi connectivity index (χ4n) is 1.42. The van der Waals surface area contributed by atoms with Gasteiger partial charge in [0.2, 0.25) is 5.91 Å². The molecule has 1 aromatic rings. The van der Waals surface area contributed by atoms with E-state index in [1.807, 2.05) is 18.4 Å². The van der Waals surface area contributed by atoms with Crippen LogP contribution in [0.25, 0.3) is 0 Å². The van der Waals surface area contributed by atoms with Crippen LogP contribution in [0.15, 0.2) is 28.7 Å². The van der Waals surface area contributed by atoms with Gasteiger partial charge in [-0.25, -0.2) is 4.79 Å². The number of amides is 1. The van der Waals surface area contributed by atoms with Gasteiger partial charge in [-0.1, -0.05) is 28.1 Å². The Morgan fingerprint density at radius 1 is 1.32 bits per heavy atom. The SMILES string of the molecule is COC(=O)C(NC(=O)C(C)SC)c1ccc(Br)cc1. The third-order valence-electron chi connectivity index (χ3n) is 2.65. The molecule has 0 fully saturated rings. The average Bonchev–Trinajstić information content (AvgIpc) is 2.43. The lowest BCUT2D eigenvalue weighted by Gasteiger charge is -2.18. The summed E-state index contributed by atoms with van der Waals surface area (Å²) in [5.74, 6) is -0.671. The van der Waals surface area contributed by atoms with Gasteiger partial charge in [-0.05, 0) is 30.9 Å². The molecule has 1 rings (SSSR count). The summed E-state index contributed by atoms with van der Waals surface area (Å²) in [6.07, 6.45) is 1.84. The summed E-state index contributed by atoms with van der Waals surface area (Å²) < 4.78 is 5.65. The minimum Gasteiger partial charge on any atom is -0.467 e. The summed E-state index contributed by atoms with van der Waals surface area (Å²) in [7, 11) is 1.30. The van der Waals surface area contributed by atoms with E-state index in [9.17, 15) is 9.59 Å². The zero-order valence-electron chi connectivity index (χ0n) is 11.0. The van der Waals surface area contributed by atoms with Gasteiger partial charge in [-0.15, -0.1) is 0 Å². The van der Waals surface area contributed by atoms with Crippen molar-refractivity contribution in [2.75, 3.05) is 13.4 Å². The Bertz CT molecular complexity index is 450. The van der Waals surface area contributed by atoms with Crippen LogP contribution in [0.4, 0.5) is 0 Å². The number of halogens is 1. The lowest BCUT2D eigenvalue weighted by atomic mass is 10.1. The maximum atomic E-state index is 11.9. The number of methoxy groups -OCH3 is 1. The summed E-state index contributed by atoms with van der Waals surface area (Å²) >= 11 is 4.75. The number of nitrogens with one attached hydrogen (secondary N) is 1. The number of rotatable bonds is 5. The number of esters is 1. The molecule has 2 unspecified atom stereocenters. The van der Waals surface area contributed by atoms with Crippen molar-refractivity contribution in [1.82, 2.24) is 5.32 Å². The first kappa shape index (κ1) is 16.0. The predicted molar refractivity (Wildman–Crippen MR) is 80.0 cm³/mol. The van der Waals surface area contributed by atoms with Gasteiger partial charge in [0, 0.05) is 4.47 Å². The van der Waals surface area contributed by atoms with Gasteiger partial charge in [0.1, 0.15) is 0 Å². The molecule has 0 bridgehead atoms.